The number of amides is 3. The van der Waals surface area contributed by atoms with Crippen molar-refractivity contribution in [1.29, 1.82) is 0 Å². The molecular formula is C21H36N2O7. The maximum absolute atomic E-state index is 12.0. The van der Waals surface area contributed by atoms with Crippen LogP contribution in [0.25, 0.3) is 0 Å². The highest BCUT2D eigenvalue weighted by Crippen LogP contribution is 2.18. The van der Waals surface area contributed by atoms with Crippen LogP contribution >= 0.6 is 0 Å². The van der Waals surface area contributed by atoms with Crippen molar-refractivity contribution in [2.75, 3.05) is 72.5 Å². The molecule has 2 rings (SSSR count). The molecule has 3 amide bonds. The summed E-state index contributed by atoms with van der Waals surface area (Å²) < 4.78 is 21.7. The Morgan fingerprint density at radius 3 is 1.97 bits per heavy atom. The minimum atomic E-state index is -0.215. The van der Waals surface area contributed by atoms with Gasteiger partial charge in [-0.05, 0) is 12.3 Å². The van der Waals surface area contributed by atoms with Gasteiger partial charge in [0.05, 0.1) is 65.8 Å². The summed E-state index contributed by atoms with van der Waals surface area (Å²) >= 11 is 0. The second-order valence-electron chi connectivity index (χ2n) is 7.92. The first-order valence-electron chi connectivity index (χ1n) is 10.9. The fourth-order valence-corrected chi connectivity index (χ4v) is 3.48. The average molecular weight is 429 g/mol. The number of hydrogen-bond donors (Lipinski definition) is 0. The van der Waals surface area contributed by atoms with E-state index in [-0.39, 0.29) is 23.6 Å². The Balaban J connectivity index is 1.30. The molecule has 2 aliphatic heterocycles. The number of likely N-dealkylation sites (tertiary alicyclic amines) is 2. The SMILES string of the molecule is CC1CC(=O)N(CCOCCOCCOCCOCCC(=O)N2CC[C@H](C)C2)C1=O. The van der Waals surface area contributed by atoms with E-state index >= 15 is 0 Å². The molecule has 0 N–H and O–H groups in total. The molecule has 2 saturated heterocycles. The van der Waals surface area contributed by atoms with Gasteiger partial charge in [-0.15, -0.1) is 0 Å². The maximum atomic E-state index is 12.0. The highest BCUT2D eigenvalue weighted by atomic mass is 16.6. The van der Waals surface area contributed by atoms with Gasteiger partial charge in [-0.1, -0.05) is 13.8 Å². The number of carbonyl (C=O) groups excluding carboxylic acids is 3. The molecule has 30 heavy (non-hydrogen) atoms. The van der Waals surface area contributed by atoms with Crippen molar-refractivity contribution in [3.05, 3.63) is 0 Å². The average Bonchev–Trinajstić information content (AvgIpc) is 3.25. The lowest BCUT2D eigenvalue weighted by Crippen LogP contribution is -2.33. The topological polar surface area (TPSA) is 94.6 Å². The van der Waals surface area contributed by atoms with Crippen LogP contribution in [0.1, 0.15) is 33.1 Å². The summed E-state index contributed by atoms with van der Waals surface area (Å²) in [6, 6.07) is 0. The lowest BCUT2D eigenvalue weighted by molar-refractivity contribution is -0.140. The monoisotopic (exact) mass is 428 g/mol. The Bertz CT molecular complexity index is 557. The standard InChI is InChI=1S/C21H36N2O7/c1-17-3-5-22(16-17)19(24)4-7-27-9-11-29-13-14-30-12-10-28-8-6-23-20(25)15-18(2)21(23)26/h17-18H,3-16H2,1-2H3/t17-,18?/m0/s1. The number of rotatable bonds is 15. The van der Waals surface area contributed by atoms with E-state index in [0.717, 1.165) is 19.5 Å². The van der Waals surface area contributed by atoms with Gasteiger partial charge < -0.3 is 23.8 Å². The molecule has 0 aromatic heterocycles. The summed E-state index contributed by atoms with van der Waals surface area (Å²) in [5.41, 5.74) is 0. The predicted octanol–water partition coefficient (Wildman–Crippen LogP) is 0.706. The molecule has 0 saturated carbocycles. The molecule has 1 unspecified atom stereocenters. The third-order valence-electron chi connectivity index (χ3n) is 5.28. The van der Waals surface area contributed by atoms with Crippen molar-refractivity contribution in [3.63, 3.8) is 0 Å². The van der Waals surface area contributed by atoms with E-state index in [0.29, 0.717) is 78.2 Å². The molecule has 172 valence electrons. The molecule has 9 nitrogen and oxygen atoms in total. The van der Waals surface area contributed by atoms with E-state index in [1.165, 1.54) is 4.90 Å². The molecular weight excluding hydrogens is 392 g/mol. The van der Waals surface area contributed by atoms with E-state index < -0.39 is 0 Å². The highest BCUT2D eigenvalue weighted by Gasteiger charge is 2.34. The van der Waals surface area contributed by atoms with Crippen LogP contribution in [-0.2, 0) is 33.3 Å². The molecule has 0 aliphatic carbocycles. The van der Waals surface area contributed by atoms with Crippen molar-refractivity contribution in [3.8, 4) is 0 Å². The smallest absolute Gasteiger partial charge is 0.232 e. The molecule has 2 heterocycles. The summed E-state index contributed by atoms with van der Waals surface area (Å²) in [7, 11) is 0. The Morgan fingerprint density at radius 1 is 0.900 bits per heavy atom. The van der Waals surface area contributed by atoms with Crippen LogP contribution in [0.3, 0.4) is 0 Å². The molecule has 0 bridgehead atoms. The lowest BCUT2D eigenvalue weighted by Gasteiger charge is -2.15. The minimum absolute atomic E-state index is 0.117. The van der Waals surface area contributed by atoms with E-state index in [4.69, 9.17) is 18.9 Å². The van der Waals surface area contributed by atoms with Gasteiger partial charge in [0.15, 0.2) is 0 Å². The third-order valence-corrected chi connectivity index (χ3v) is 5.28. The summed E-state index contributed by atoms with van der Waals surface area (Å²) in [5, 5.41) is 0. The second kappa shape index (κ2) is 13.7. The van der Waals surface area contributed by atoms with Gasteiger partial charge >= 0.3 is 0 Å². The molecule has 0 aromatic rings. The zero-order chi connectivity index (χ0) is 21.8. The Morgan fingerprint density at radius 2 is 1.47 bits per heavy atom. The first-order chi connectivity index (χ1) is 14.5. The molecule has 2 fully saturated rings. The summed E-state index contributed by atoms with van der Waals surface area (Å²) in [6.07, 6.45) is 1.81. The van der Waals surface area contributed by atoms with Crippen LogP contribution in [0.5, 0.6) is 0 Å². The fourth-order valence-electron chi connectivity index (χ4n) is 3.48. The van der Waals surface area contributed by atoms with E-state index in [9.17, 15) is 14.4 Å². The van der Waals surface area contributed by atoms with Crippen LogP contribution in [0.2, 0.25) is 0 Å². The summed E-state index contributed by atoms with van der Waals surface area (Å²) in [5.74, 6) is 0.319. The van der Waals surface area contributed by atoms with Crippen LogP contribution in [0, 0.1) is 11.8 Å². The van der Waals surface area contributed by atoms with Gasteiger partial charge in [-0.25, -0.2) is 0 Å². The van der Waals surface area contributed by atoms with Gasteiger partial charge in [0.1, 0.15) is 0 Å². The molecule has 2 atom stereocenters. The van der Waals surface area contributed by atoms with Crippen LogP contribution in [0.15, 0.2) is 0 Å². The number of hydrogen-bond acceptors (Lipinski definition) is 7. The quantitative estimate of drug-likeness (QED) is 0.280. The molecule has 2 aliphatic rings. The Hall–Kier alpha value is -1.55. The van der Waals surface area contributed by atoms with Crippen molar-refractivity contribution in [1.82, 2.24) is 9.80 Å². The van der Waals surface area contributed by atoms with Crippen LogP contribution in [-0.4, -0.2) is 100 Å². The molecule has 0 radical (unpaired) electrons. The molecule has 0 aromatic carbocycles. The van der Waals surface area contributed by atoms with Crippen molar-refractivity contribution >= 4 is 17.7 Å². The largest absolute Gasteiger partial charge is 0.379 e. The van der Waals surface area contributed by atoms with Crippen molar-refractivity contribution in [2.24, 2.45) is 11.8 Å². The first-order valence-corrected chi connectivity index (χ1v) is 10.9. The van der Waals surface area contributed by atoms with Crippen LogP contribution < -0.4 is 0 Å². The molecule has 0 spiro atoms. The maximum Gasteiger partial charge on any atom is 0.232 e. The van der Waals surface area contributed by atoms with Crippen molar-refractivity contribution < 1.29 is 33.3 Å². The normalized spacial score (nSPS) is 21.8. The minimum Gasteiger partial charge on any atom is -0.379 e. The lowest BCUT2D eigenvalue weighted by atomic mass is 10.1. The number of ether oxygens (including phenoxy) is 4. The summed E-state index contributed by atoms with van der Waals surface area (Å²) in [6.45, 7) is 9.37. The Kier molecular flexibility index (Phi) is 11.3. The van der Waals surface area contributed by atoms with Crippen LogP contribution in [0.4, 0.5) is 0 Å². The fraction of sp³-hybridized carbons (Fsp3) is 0.857. The van der Waals surface area contributed by atoms with Gasteiger partial charge in [-0.3, -0.25) is 19.3 Å². The number of nitrogens with zero attached hydrogens (tertiary/aromatic N) is 2. The van der Waals surface area contributed by atoms with E-state index in [1.54, 1.807) is 6.92 Å². The van der Waals surface area contributed by atoms with Gasteiger partial charge in [-0.2, -0.15) is 0 Å². The third kappa shape index (κ3) is 8.67. The van der Waals surface area contributed by atoms with Gasteiger partial charge in [0.25, 0.3) is 0 Å². The van der Waals surface area contributed by atoms with E-state index in [2.05, 4.69) is 6.92 Å². The zero-order valence-corrected chi connectivity index (χ0v) is 18.3. The predicted molar refractivity (Wildman–Crippen MR) is 109 cm³/mol. The summed E-state index contributed by atoms with van der Waals surface area (Å²) in [4.78, 5) is 38.5. The van der Waals surface area contributed by atoms with E-state index in [1.807, 2.05) is 4.90 Å². The first kappa shape index (κ1) is 24.7. The molecule has 9 heteroatoms. The zero-order valence-electron chi connectivity index (χ0n) is 18.3. The number of imide groups is 1. The van der Waals surface area contributed by atoms with Crippen molar-refractivity contribution in [2.45, 2.75) is 33.1 Å². The van der Waals surface area contributed by atoms with Gasteiger partial charge in [0, 0.05) is 25.4 Å². The number of carbonyl (C=O) groups is 3. The second-order valence-corrected chi connectivity index (χ2v) is 7.92. The van der Waals surface area contributed by atoms with Gasteiger partial charge in [0.2, 0.25) is 17.7 Å². The Labute approximate surface area is 178 Å². The highest BCUT2D eigenvalue weighted by molar-refractivity contribution is 6.03.